The molecule has 2 saturated heterocycles. The molecule has 0 aliphatic carbocycles. The lowest BCUT2D eigenvalue weighted by atomic mass is 10.0. The van der Waals surface area contributed by atoms with Crippen molar-refractivity contribution in [3.05, 3.63) is 66.1 Å². The number of pyridine rings is 1. The fraction of sp³-hybridized carbons (Fsp3) is 0.391. The molecule has 150 valence electrons. The van der Waals surface area contributed by atoms with Gasteiger partial charge in [0, 0.05) is 68.2 Å². The van der Waals surface area contributed by atoms with Crippen LogP contribution in [0, 0.1) is 0 Å². The number of nitrogens with zero attached hydrogens (tertiary/aromatic N) is 3. The van der Waals surface area contributed by atoms with Gasteiger partial charge < -0.3 is 19.5 Å². The molecule has 2 aromatic heterocycles. The molecule has 0 spiro atoms. The predicted molar refractivity (Wildman–Crippen MR) is 112 cm³/mol. The van der Waals surface area contributed by atoms with Crippen molar-refractivity contribution < 1.29 is 9.53 Å². The maximum atomic E-state index is 13.3. The Hall–Kier alpha value is -2.70. The number of hydrogen-bond acceptors (Lipinski definition) is 4. The van der Waals surface area contributed by atoms with E-state index in [4.69, 9.17) is 4.74 Å². The van der Waals surface area contributed by atoms with Crippen molar-refractivity contribution in [2.75, 3.05) is 26.3 Å². The van der Waals surface area contributed by atoms with Crippen molar-refractivity contribution in [3.63, 3.8) is 0 Å². The van der Waals surface area contributed by atoms with Crippen LogP contribution in [0.5, 0.6) is 0 Å². The van der Waals surface area contributed by atoms with Crippen LogP contribution in [0.15, 0.2) is 54.9 Å². The minimum atomic E-state index is 0.111. The third-order valence-corrected chi connectivity index (χ3v) is 5.98. The van der Waals surface area contributed by atoms with Crippen molar-refractivity contribution in [2.24, 2.45) is 0 Å². The lowest BCUT2D eigenvalue weighted by Gasteiger charge is -2.42. The van der Waals surface area contributed by atoms with E-state index in [0.29, 0.717) is 18.6 Å². The van der Waals surface area contributed by atoms with Gasteiger partial charge in [-0.1, -0.05) is 18.2 Å². The van der Waals surface area contributed by atoms with Gasteiger partial charge in [0.1, 0.15) is 5.69 Å². The summed E-state index contributed by atoms with van der Waals surface area (Å²) in [5, 5.41) is 4.78. The predicted octanol–water partition coefficient (Wildman–Crippen LogP) is 2.68. The van der Waals surface area contributed by atoms with Gasteiger partial charge in [0.2, 0.25) is 0 Å². The van der Waals surface area contributed by atoms with Crippen LogP contribution in [0.3, 0.4) is 0 Å². The fourth-order valence-corrected chi connectivity index (χ4v) is 4.34. The fourth-order valence-electron chi connectivity index (χ4n) is 4.34. The van der Waals surface area contributed by atoms with E-state index < -0.39 is 0 Å². The van der Waals surface area contributed by atoms with Gasteiger partial charge in [-0.25, -0.2) is 0 Å². The molecule has 5 rings (SSSR count). The summed E-state index contributed by atoms with van der Waals surface area (Å²) >= 11 is 0. The Balaban J connectivity index is 1.33. The van der Waals surface area contributed by atoms with E-state index in [2.05, 4.69) is 27.0 Å². The van der Waals surface area contributed by atoms with E-state index in [-0.39, 0.29) is 5.91 Å². The first-order valence-electron chi connectivity index (χ1n) is 10.4. The van der Waals surface area contributed by atoms with Gasteiger partial charge >= 0.3 is 0 Å². The molecule has 3 aromatic rings. The maximum absolute atomic E-state index is 13.3. The van der Waals surface area contributed by atoms with Crippen molar-refractivity contribution >= 4 is 16.8 Å². The number of hydrogen-bond donors (Lipinski definition) is 1. The van der Waals surface area contributed by atoms with Crippen molar-refractivity contribution in [1.29, 1.82) is 0 Å². The number of benzene rings is 1. The average molecular weight is 390 g/mol. The number of rotatable bonds is 5. The Labute approximate surface area is 170 Å². The van der Waals surface area contributed by atoms with E-state index in [0.717, 1.165) is 61.3 Å². The van der Waals surface area contributed by atoms with Crippen LogP contribution in [0.2, 0.25) is 0 Å². The molecule has 4 heterocycles. The van der Waals surface area contributed by atoms with Crippen LogP contribution in [0.1, 0.15) is 28.9 Å². The monoisotopic (exact) mass is 390 g/mol. The van der Waals surface area contributed by atoms with Crippen molar-refractivity contribution in [1.82, 2.24) is 19.8 Å². The number of ether oxygens (including phenoxy) is 1. The zero-order valence-corrected chi connectivity index (χ0v) is 16.5. The highest BCUT2D eigenvalue weighted by molar-refractivity contribution is 5.99. The topological polar surface area (TPSA) is 59.4 Å². The minimum Gasteiger partial charge on any atom is -0.381 e. The molecule has 1 N–H and O–H groups in total. The summed E-state index contributed by atoms with van der Waals surface area (Å²) in [5.41, 5.74) is 2.98. The highest BCUT2D eigenvalue weighted by Gasteiger charge is 2.34. The third kappa shape index (κ3) is 3.78. The standard InChI is InChI=1S/C23H26N4O2/c28-23(26-15-20(16-26)25-19-7-11-29-12-8-19)22-13-18-3-1-2-4-21(18)27(22)14-17-5-9-24-10-6-17/h1-6,9-10,13,19-20,25H,7-8,11-12,14-16H2. The Morgan fingerprint density at radius 3 is 2.62 bits per heavy atom. The van der Waals surface area contributed by atoms with Gasteiger partial charge in [-0.15, -0.1) is 0 Å². The third-order valence-electron chi connectivity index (χ3n) is 5.98. The zero-order valence-electron chi connectivity index (χ0n) is 16.5. The van der Waals surface area contributed by atoms with Crippen molar-refractivity contribution in [2.45, 2.75) is 31.5 Å². The number of carbonyl (C=O) groups is 1. The summed E-state index contributed by atoms with van der Waals surface area (Å²) in [4.78, 5) is 19.3. The first kappa shape index (κ1) is 18.3. The Bertz CT molecular complexity index is 989. The van der Waals surface area contributed by atoms with Crippen LogP contribution in [0.25, 0.3) is 10.9 Å². The zero-order chi connectivity index (χ0) is 19.6. The number of para-hydroxylation sites is 1. The molecular weight excluding hydrogens is 364 g/mol. The summed E-state index contributed by atoms with van der Waals surface area (Å²) in [6, 6.07) is 15.1. The smallest absolute Gasteiger partial charge is 0.270 e. The number of amides is 1. The summed E-state index contributed by atoms with van der Waals surface area (Å²) in [6.07, 6.45) is 5.71. The van der Waals surface area contributed by atoms with Crippen LogP contribution in [-0.4, -0.2) is 58.7 Å². The van der Waals surface area contributed by atoms with Crippen LogP contribution in [-0.2, 0) is 11.3 Å². The van der Waals surface area contributed by atoms with Crippen molar-refractivity contribution in [3.8, 4) is 0 Å². The summed E-state index contributed by atoms with van der Waals surface area (Å²) in [5.74, 6) is 0.111. The van der Waals surface area contributed by atoms with E-state index >= 15 is 0 Å². The minimum absolute atomic E-state index is 0.111. The van der Waals surface area contributed by atoms with Gasteiger partial charge in [-0.05, 0) is 42.7 Å². The Morgan fingerprint density at radius 1 is 1.07 bits per heavy atom. The van der Waals surface area contributed by atoms with E-state index in [1.165, 1.54) is 0 Å². The number of carbonyl (C=O) groups excluding carboxylic acids is 1. The number of fused-ring (bicyclic) bond motifs is 1. The SMILES string of the molecule is O=C(c1cc2ccccc2n1Cc1ccncc1)N1CC(NC2CCOCC2)C1. The quantitative estimate of drug-likeness (QED) is 0.728. The van der Waals surface area contributed by atoms with Gasteiger partial charge in [-0.2, -0.15) is 0 Å². The molecule has 1 aromatic carbocycles. The lowest BCUT2D eigenvalue weighted by Crippen LogP contribution is -2.62. The van der Waals surface area contributed by atoms with Gasteiger partial charge in [-0.3, -0.25) is 9.78 Å². The van der Waals surface area contributed by atoms with Crippen LogP contribution < -0.4 is 5.32 Å². The molecule has 2 aliphatic heterocycles. The molecular formula is C23H26N4O2. The summed E-state index contributed by atoms with van der Waals surface area (Å²) in [6.45, 7) is 3.87. The average Bonchev–Trinajstić information content (AvgIpc) is 3.10. The Kier molecular flexibility index (Phi) is 5.04. The number of likely N-dealkylation sites (tertiary alicyclic amines) is 1. The van der Waals surface area contributed by atoms with E-state index in [1.807, 2.05) is 35.2 Å². The van der Waals surface area contributed by atoms with Crippen LogP contribution in [0.4, 0.5) is 0 Å². The number of nitrogens with one attached hydrogen (secondary N) is 1. The molecule has 29 heavy (non-hydrogen) atoms. The molecule has 2 fully saturated rings. The highest BCUT2D eigenvalue weighted by Crippen LogP contribution is 2.24. The van der Waals surface area contributed by atoms with Gasteiger partial charge in [0.05, 0.1) is 0 Å². The molecule has 0 saturated carbocycles. The number of aromatic nitrogens is 2. The maximum Gasteiger partial charge on any atom is 0.270 e. The first-order valence-corrected chi connectivity index (χ1v) is 10.4. The molecule has 6 nitrogen and oxygen atoms in total. The second-order valence-corrected chi connectivity index (χ2v) is 7.99. The second kappa shape index (κ2) is 7.97. The normalized spacial score (nSPS) is 18.1. The molecule has 0 bridgehead atoms. The van der Waals surface area contributed by atoms with Gasteiger partial charge in [0.15, 0.2) is 0 Å². The van der Waals surface area contributed by atoms with Gasteiger partial charge in [0.25, 0.3) is 5.91 Å². The highest BCUT2D eigenvalue weighted by atomic mass is 16.5. The first-order chi connectivity index (χ1) is 14.3. The van der Waals surface area contributed by atoms with E-state index in [1.54, 1.807) is 12.4 Å². The lowest BCUT2D eigenvalue weighted by molar-refractivity contribution is 0.0434. The second-order valence-electron chi connectivity index (χ2n) is 7.99. The molecule has 0 unspecified atom stereocenters. The van der Waals surface area contributed by atoms with E-state index in [9.17, 15) is 4.79 Å². The molecule has 0 atom stereocenters. The molecule has 2 aliphatic rings. The van der Waals surface area contributed by atoms with Crippen LogP contribution >= 0.6 is 0 Å². The summed E-state index contributed by atoms with van der Waals surface area (Å²) < 4.78 is 7.56. The molecule has 1 amide bonds. The Morgan fingerprint density at radius 2 is 1.83 bits per heavy atom. The molecule has 0 radical (unpaired) electrons. The molecule has 6 heteroatoms. The summed E-state index contributed by atoms with van der Waals surface area (Å²) in [7, 11) is 0. The largest absolute Gasteiger partial charge is 0.381 e.